The number of pyridine rings is 1. The number of carbonyl (C=O) groups is 1. The van der Waals surface area contributed by atoms with Gasteiger partial charge >= 0.3 is 0 Å². The molecular formula is C23H20N2O4. The molecule has 0 bridgehead atoms. The maximum atomic E-state index is 13.2. The number of ether oxygens (including phenoxy) is 1. The Morgan fingerprint density at radius 2 is 1.79 bits per heavy atom. The van der Waals surface area contributed by atoms with Crippen molar-refractivity contribution in [3.8, 4) is 17.7 Å². The third kappa shape index (κ3) is 3.63. The van der Waals surface area contributed by atoms with Crippen molar-refractivity contribution in [2.75, 3.05) is 7.11 Å². The molecule has 0 aliphatic carbocycles. The summed E-state index contributed by atoms with van der Waals surface area (Å²) >= 11 is 0. The van der Waals surface area contributed by atoms with Gasteiger partial charge in [0.25, 0.3) is 5.56 Å². The van der Waals surface area contributed by atoms with Crippen molar-refractivity contribution in [2.45, 2.75) is 20.4 Å². The molecule has 0 unspecified atom stereocenters. The number of nitriles is 1. The monoisotopic (exact) mass is 388 g/mol. The van der Waals surface area contributed by atoms with Crippen LogP contribution in [0.3, 0.4) is 0 Å². The average Bonchev–Trinajstić information content (AvgIpc) is 2.72. The van der Waals surface area contributed by atoms with Crippen molar-refractivity contribution < 1.29 is 14.6 Å². The molecule has 1 heterocycles. The molecular weight excluding hydrogens is 368 g/mol. The molecule has 1 aromatic heterocycles. The van der Waals surface area contributed by atoms with Crippen LogP contribution in [0.4, 0.5) is 0 Å². The molecule has 0 aliphatic rings. The van der Waals surface area contributed by atoms with E-state index in [1.807, 2.05) is 37.3 Å². The van der Waals surface area contributed by atoms with Crippen LogP contribution in [0, 0.1) is 25.2 Å². The topological polar surface area (TPSA) is 92.3 Å². The van der Waals surface area contributed by atoms with Gasteiger partial charge in [-0.15, -0.1) is 0 Å². The van der Waals surface area contributed by atoms with E-state index in [0.717, 1.165) is 15.7 Å². The first-order chi connectivity index (χ1) is 13.9. The second-order valence-electron chi connectivity index (χ2n) is 6.72. The molecule has 6 heteroatoms. The van der Waals surface area contributed by atoms with E-state index in [-0.39, 0.29) is 28.8 Å². The minimum Gasteiger partial charge on any atom is -0.496 e. The predicted octanol–water partition coefficient (Wildman–Crippen LogP) is 3.33. The number of hydrogen-bond donors (Lipinski definition) is 1. The van der Waals surface area contributed by atoms with Gasteiger partial charge in [-0.25, -0.2) is 0 Å². The summed E-state index contributed by atoms with van der Waals surface area (Å²) in [7, 11) is 1.44. The van der Waals surface area contributed by atoms with Crippen LogP contribution in [0.1, 0.15) is 38.2 Å². The quantitative estimate of drug-likeness (QED) is 0.677. The SMILES string of the molecule is COc1ccccc1C(=O)c1c(C)c(C#N)c(=O)n(Cc2ccc(C)cc2)c1O. The van der Waals surface area contributed by atoms with Crippen LogP contribution in [0.2, 0.25) is 0 Å². The second kappa shape index (κ2) is 8.03. The zero-order valence-corrected chi connectivity index (χ0v) is 16.4. The highest BCUT2D eigenvalue weighted by atomic mass is 16.5. The first kappa shape index (κ1) is 19.9. The maximum absolute atomic E-state index is 13.2. The molecule has 3 aromatic rings. The Balaban J connectivity index is 2.22. The fraction of sp³-hybridized carbons (Fsp3) is 0.174. The summed E-state index contributed by atoms with van der Waals surface area (Å²) in [6, 6.07) is 15.9. The van der Waals surface area contributed by atoms with E-state index in [0.29, 0.717) is 5.75 Å². The Labute approximate surface area is 168 Å². The maximum Gasteiger partial charge on any atom is 0.271 e. The molecule has 0 fully saturated rings. The molecule has 0 atom stereocenters. The number of aryl methyl sites for hydroxylation is 1. The van der Waals surface area contributed by atoms with Gasteiger partial charge in [-0.05, 0) is 37.1 Å². The lowest BCUT2D eigenvalue weighted by Crippen LogP contribution is -2.27. The number of carbonyl (C=O) groups excluding carboxylic acids is 1. The third-order valence-electron chi connectivity index (χ3n) is 4.84. The highest BCUT2D eigenvalue weighted by molar-refractivity contribution is 6.13. The molecule has 0 saturated heterocycles. The lowest BCUT2D eigenvalue weighted by atomic mass is 9.96. The van der Waals surface area contributed by atoms with Gasteiger partial charge in [0.2, 0.25) is 11.7 Å². The largest absolute Gasteiger partial charge is 0.496 e. The Hall–Kier alpha value is -3.85. The molecule has 0 aliphatic heterocycles. The van der Waals surface area contributed by atoms with Crippen LogP contribution in [0.5, 0.6) is 11.6 Å². The minimum atomic E-state index is -0.639. The van der Waals surface area contributed by atoms with E-state index in [4.69, 9.17) is 4.74 Å². The summed E-state index contributed by atoms with van der Waals surface area (Å²) in [6.45, 7) is 3.46. The van der Waals surface area contributed by atoms with E-state index in [1.165, 1.54) is 14.0 Å². The average molecular weight is 388 g/mol. The van der Waals surface area contributed by atoms with Gasteiger partial charge in [0, 0.05) is 0 Å². The van der Waals surface area contributed by atoms with Crippen molar-refractivity contribution >= 4 is 5.78 Å². The molecule has 2 aromatic carbocycles. The van der Waals surface area contributed by atoms with Crippen molar-refractivity contribution in [3.63, 3.8) is 0 Å². The fourth-order valence-corrected chi connectivity index (χ4v) is 3.21. The zero-order chi connectivity index (χ0) is 21.1. The number of hydrogen-bond acceptors (Lipinski definition) is 5. The molecule has 0 saturated carbocycles. The van der Waals surface area contributed by atoms with Gasteiger partial charge in [0.15, 0.2) is 0 Å². The molecule has 1 N–H and O–H groups in total. The summed E-state index contributed by atoms with van der Waals surface area (Å²) in [6.07, 6.45) is 0. The molecule has 29 heavy (non-hydrogen) atoms. The van der Waals surface area contributed by atoms with Gasteiger partial charge in [0.1, 0.15) is 17.4 Å². The van der Waals surface area contributed by atoms with Gasteiger partial charge in [0.05, 0.1) is 24.8 Å². The number of aromatic nitrogens is 1. The van der Waals surface area contributed by atoms with E-state index in [2.05, 4.69) is 0 Å². The summed E-state index contributed by atoms with van der Waals surface area (Å²) in [5, 5.41) is 20.4. The summed E-state index contributed by atoms with van der Waals surface area (Å²) < 4.78 is 6.30. The van der Waals surface area contributed by atoms with Crippen molar-refractivity contribution in [1.29, 1.82) is 5.26 Å². The summed E-state index contributed by atoms with van der Waals surface area (Å²) in [5.41, 5.74) is 1.30. The molecule has 0 amide bonds. The Morgan fingerprint density at radius 1 is 1.14 bits per heavy atom. The van der Waals surface area contributed by atoms with Gasteiger partial charge in [-0.1, -0.05) is 42.0 Å². The smallest absolute Gasteiger partial charge is 0.271 e. The number of benzene rings is 2. The first-order valence-corrected chi connectivity index (χ1v) is 8.98. The van der Waals surface area contributed by atoms with Gasteiger partial charge < -0.3 is 9.84 Å². The first-order valence-electron chi connectivity index (χ1n) is 8.98. The number of methoxy groups -OCH3 is 1. The van der Waals surface area contributed by atoms with Crippen LogP contribution < -0.4 is 10.3 Å². The Bertz CT molecular complexity index is 1190. The van der Waals surface area contributed by atoms with Crippen LogP contribution in [0.25, 0.3) is 0 Å². The lowest BCUT2D eigenvalue weighted by Gasteiger charge is -2.16. The number of para-hydroxylation sites is 1. The van der Waals surface area contributed by atoms with Crippen molar-refractivity contribution in [2.24, 2.45) is 0 Å². The van der Waals surface area contributed by atoms with E-state index >= 15 is 0 Å². The molecule has 0 radical (unpaired) electrons. The van der Waals surface area contributed by atoms with E-state index in [1.54, 1.807) is 24.3 Å². The second-order valence-corrected chi connectivity index (χ2v) is 6.72. The highest BCUT2D eigenvalue weighted by Gasteiger charge is 2.26. The van der Waals surface area contributed by atoms with E-state index < -0.39 is 17.2 Å². The Morgan fingerprint density at radius 3 is 2.41 bits per heavy atom. The third-order valence-corrected chi connectivity index (χ3v) is 4.84. The number of rotatable bonds is 5. The van der Waals surface area contributed by atoms with Crippen LogP contribution in [-0.4, -0.2) is 22.6 Å². The minimum absolute atomic E-state index is 0.0338. The highest BCUT2D eigenvalue weighted by Crippen LogP contribution is 2.29. The van der Waals surface area contributed by atoms with Crippen LogP contribution in [0.15, 0.2) is 53.3 Å². The zero-order valence-electron chi connectivity index (χ0n) is 16.4. The Kier molecular flexibility index (Phi) is 5.51. The van der Waals surface area contributed by atoms with Crippen LogP contribution in [-0.2, 0) is 6.54 Å². The fourth-order valence-electron chi connectivity index (χ4n) is 3.21. The van der Waals surface area contributed by atoms with E-state index in [9.17, 15) is 20.0 Å². The summed E-state index contributed by atoms with van der Waals surface area (Å²) in [5.74, 6) is -0.652. The van der Waals surface area contributed by atoms with Crippen LogP contribution >= 0.6 is 0 Å². The number of aromatic hydroxyl groups is 1. The lowest BCUT2D eigenvalue weighted by molar-refractivity contribution is 0.103. The molecule has 0 spiro atoms. The van der Waals surface area contributed by atoms with Gasteiger partial charge in [-0.3, -0.25) is 14.2 Å². The summed E-state index contributed by atoms with van der Waals surface area (Å²) in [4.78, 5) is 26.0. The molecule has 6 nitrogen and oxygen atoms in total. The number of ketones is 1. The van der Waals surface area contributed by atoms with Crippen molar-refractivity contribution in [3.05, 3.63) is 92.3 Å². The standard InChI is InChI=1S/C23H20N2O4/c1-14-8-10-16(11-9-14)13-25-22(27)18(12-24)15(2)20(23(25)28)21(26)17-6-4-5-7-19(17)29-3/h4-11,28H,13H2,1-3H3. The number of nitrogens with zero attached hydrogens (tertiary/aromatic N) is 2. The van der Waals surface area contributed by atoms with Gasteiger partial charge in [-0.2, -0.15) is 5.26 Å². The molecule has 3 rings (SSSR count). The molecule has 146 valence electrons. The predicted molar refractivity (Wildman–Crippen MR) is 109 cm³/mol. The normalized spacial score (nSPS) is 10.4. The van der Waals surface area contributed by atoms with Crippen molar-refractivity contribution in [1.82, 2.24) is 4.57 Å².